The van der Waals surface area contributed by atoms with Crippen molar-refractivity contribution < 1.29 is 0 Å². The summed E-state index contributed by atoms with van der Waals surface area (Å²) in [6.07, 6.45) is 0. The van der Waals surface area contributed by atoms with Gasteiger partial charge in [-0.05, 0) is 0 Å². The first-order valence-electron chi connectivity index (χ1n) is 1.38. The van der Waals surface area contributed by atoms with Crippen LogP contribution in [0.2, 0.25) is 0 Å². The van der Waals surface area contributed by atoms with Gasteiger partial charge in [0.1, 0.15) is 0 Å². The van der Waals surface area contributed by atoms with Crippen LogP contribution in [0.25, 0.3) is 5.73 Å². The Morgan fingerprint density at radius 2 is 2.20 bits per heavy atom. The molecule has 0 unspecified atom stereocenters. The highest BCUT2D eigenvalue weighted by molar-refractivity contribution is 6.04. The highest BCUT2D eigenvalue weighted by Crippen LogP contribution is 1.64. The minimum atomic E-state index is 0.167. The Balaban J connectivity index is 2.54. The van der Waals surface area contributed by atoms with Crippen LogP contribution in [0.15, 0.2) is 0 Å². The van der Waals surface area contributed by atoms with Crippen LogP contribution in [0, 0.1) is 0 Å². The van der Waals surface area contributed by atoms with Crippen LogP contribution in [0.5, 0.6) is 0 Å². The number of hydrogen-bond donors (Lipinski definition) is 0. The Hall–Kier alpha value is -0.0151. The Labute approximate surface area is 33.4 Å². The molecule has 0 fully saturated rings. The van der Waals surface area contributed by atoms with Gasteiger partial charge in [0.25, 0.3) is 0 Å². The van der Waals surface area contributed by atoms with E-state index in [0.717, 1.165) is 0 Å². The minimum absolute atomic E-state index is 0.167. The fourth-order valence-corrected chi connectivity index (χ4v) is 0. The molecule has 0 heterocycles. The second-order valence-electron chi connectivity index (χ2n) is 0.915. The van der Waals surface area contributed by atoms with Crippen LogP contribution in [-0.2, 0) is 0 Å². The van der Waals surface area contributed by atoms with E-state index in [1.54, 1.807) is 7.05 Å². The third-order valence-electron chi connectivity index (χ3n) is 0.249. The van der Waals surface area contributed by atoms with E-state index >= 15 is 0 Å². The van der Waals surface area contributed by atoms with E-state index in [9.17, 15) is 0 Å². The summed E-state index contributed by atoms with van der Waals surface area (Å²) in [6, 6.07) is 0. The predicted octanol–water partition coefficient (Wildman–Crippen LogP) is 0.0114. The Morgan fingerprint density at radius 1 is 2.00 bits per heavy atom. The summed E-state index contributed by atoms with van der Waals surface area (Å²) in [7, 11) is 6.58. The second-order valence-corrected chi connectivity index (χ2v) is 0.915. The summed E-state index contributed by atoms with van der Waals surface area (Å²) < 4.78 is 0. The van der Waals surface area contributed by atoms with Crippen LogP contribution >= 0.6 is 0 Å². The summed E-state index contributed by atoms with van der Waals surface area (Å²) in [5.41, 5.74) is 6.46. The van der Waals surface area contributed by atoms with Crippen molar-refractivity contribution in [3.63, 3.8) is 0 Å². The number of nitrogens with one attached hydrogen (secondary N) is 1. The highest BCUT2D eigenvalue weighted by atomic mass is 15.1. The molecule has 0 amide bonds. The zero-order valence-corrected chi connectivity index (χ0v) is 3.23. The van der Waals surface area contributed by atoms with Crippen LogP contribution < -0.4 is 0 Å². The first-order valence-corrected chi connectivity index (χ1v) is 1.38. The Morgan fingerprint density at radius 3 is 2.20 bits per heavy atom. The Bertz CT molecular complexity index is 21.6. The quantitative estimate of drug-likeness (QED) is 0.398. The third kappa shape index (κ3) is 3.98. The van der Waals surface area contributed by atoms with Crippen LogP contribution in [-0.4, -0.2) is 26.5 Å². The van der Waals surface area contributed by atoms with Gasteiger partial charge in [-0.1, -0.05) is 7.05 Å². The molecule has 0 saturated heterocycles. The molecule has 0 aromatic rings. The van der Waals surface area contributed by atoms with Crippen molar-refractivity contribution in [2.75, 3.05) is 13.7 Å². The van der Waals surface area contributed by atoms with E-state index in [1.165, 1.54) is 4.81 Å². The Kier molecular flexibility index (Phi) is 2.23. The average molecular weight is 68.9 g/mol. The van der Waals surface area contributed by atoms with Gasteiger partial charge in [-0.15, -0.1) is 6.67 Å². The predicted molar refractivity (Wildman–Crippen MR) is 22.7 cm³/mol. The molecule has 0 atom stereocenters. The fourth-order valence-electron chi connectivity index (χ4n) is 0. The molecule has 0 aromatic carbocycles. The highest BCUT2D eigenvalue weighted by Gasteiger charge is 1.46. The number of nitrogens with zero attached hydrogens (tertiary/aromatic N) is 1. The van der Waals surface area contributed by atoms with Crippen molar-refractivity contribution in [2.45, 2.75) is 0 Å². The number of hydrogen-bond acceptors (Lipinski definition) is 1. The summed E-state index contributed by atoms with van der Waals surface area (Å²) >= 11 is 0. The molecule has 0 aliphatic rings. The lowest BCUT2D eigenvalue weighted by Gasteiger charge is -2.28. The monoisotopic (exact) mass is 69.1 g/mol. The summed E-state index contributed by atoms with van der Waals surface area (Å²) in [6.45, 7) is 0.167. The molecule has 29 valence electrons. The molecule has 0 saturated carbocycles. The van der Waals surface area contributed by atoms with Crippen molar-refractivity contribution in [3.05, 3.63) is 5.73 Å². The SMILES string of the molecule is [B-]N(C)C[NH-]. The van der Waals surface area contributed by atoms with Crippen molar-refractivity contribution >= 4 is 7.98 Å². The van der Waals surface area contributed by atoms with Crippen molar-refractivity contribution in [1.29, 1.82) is 0 Å². The maximum atomic E-state index is 6.46. The molecule has 0 bridgehead atoms. The summed E-state index contributed by atoms with van der Waals surface area (Å²) in [5, 5.41) is 0. The lowest BCUT2D eigenvalue weighted by Crippen LogP contribution is -2.10. The fraction of sp³-hybridized carbons (Fsp3) is 1.00. The largest absolute Gasteiger partial charge is 0.668 e. The molecule has 1 N–H and O–H groups in total. The summed E-state index contributed by atoms with van der Waals surface area (Å²) in [4.78, 5) is 1.29. The molecule has 0 aliphatic carbocycles. The van der Waals surface area contributed by atoms with Gasteiger partial charge in [-0.2, -0.15) is 0 Å². The number of rotatable bonds is 1. The third-order valence-corrected chi connectivity index (χ3v) is 0.249. The van der Waals surface area contributed by atoms with Gasteiger partial charge in [-0.3, -0.25) is 0 Å². The average Bonchev–Trinajstić information content (AvgIpc) is 1.38. The standard InChI is InChI=1S/C2H6BN2/c1-5(3)2-4/h4H,2H2,1H3/q-2. The van der Waals surface area contributed by atoms with E-state index in [-0.39, 0.29) is 6.67 Å². The van der Waals surface area contributed by atoms with Crippen LogP contribution in [0.4, 0.5) is 0 Å². The molecule has 0 rings (SSSR count). The van der Waals surface area contributed by atoms with Gasteiger partial charge in [0.2, 0.25) is 0 Å². The molecule has 0 aromatic heterocycles. The van der Waals surface area contributed by atoms with Gasteiger partial charge >= 0.3 is 0 Å². The zero-order valence-electron chi connectivity index (χ0n) is 3.23. The van der Waals surface area contributed by atoms with E-state index in [2.05, 4.69) is 0 Å². The van der Waals surface area contributed by atoms with Gasteiger partial charge < -0.3 is 18.5 Å². The molecule has 5 heavy (non-hydrogen) atoms. The lowest BCUT2D eigenvalue weighted by molar-refractivity contribution is 0.614. The molecule has 3 heteroatoms. The molecule has 2 nitrogen and oxygen atoms in total. The van der Waals surface area contributed by atoms with Gasteiger partial charge in [0.05, 0.1) is 0 Å². The van der Waals surface area contributed by atoms with E-state index in [1.807, 2.05) is 0 Å². The van der Waals surface area contributed by atoms with Crippen LogP contribution in [0.3, 0.4) is 0 Å². The normalized spacial score (nSPS) is 9.60. The summed E-state index contributed by atoms with van der Waals surface area (Å²) in [5.74, 6) is 0. The molecule has 0 spiro atoms. The van der Waals surface area contributed by atoms with Crippen LogP contribution in [0.1, 0.15) is 0 Å². The molecular weight excluding hydrogens is 62.8 g/mol. The minimum Gasteiger partial charge on any atom is -0.668 e. The van der Waals surface area contributed by atoms with Crippen molar-refractivity contribution in [3.8, 4) is 0 Å². The smallest absolute Gasteiger partial charge is 0.0589 e. The maximum absolute atomic E-state index is 6.46. The van der Waals surface area contributed by atoms with E-state index in [4.69, 9.17) is 13.7 Å². The first kappa shape index (κ1) is 4.98. The lowest BCUT2D eigenvalue weighted by atomic mass is 10.4. The van der Waals surface area contributed by atoms with Gasteiger partial charge in [-0.25, -0.2) is 0 Å². The topological polar surface area (TPSA) is 27.0 Å². The second kappa shape index (κ2) is 2.24. The van der Waals surface area contributed by atoms with Crippen molar-refractivity contribution in [1.82, 2.24) is 4.81 Å². The maximum Gasteiger partial charge on any atom is -0.0589 e. The van der Waals surface area contributed by atoms with Crippen molar-refractivity contribution in [2.24, 2.45) is 0 Å². The van der Waals surface area contributed by atoms with Gasteiger partial charge in [0.15, 0.2) is 0 Å². The van der Waals surface area contributed by atoms with E-state index < -0.39 is 0 Å². The molecule has 3 radical (unpaired) electrons. The molecule has 0 aliphatic heterocycles. The van der Waals surface area contributed by atoms with Gasteiger partial charge in [0, 0.05) is 0 Å². The zero-order chi connectivity index (χ0) is 4.28. The van der Waals surface area contributed by atoms with E-state index in [0.29, 0.717) is 0 Å². The first-order chi connectivity index (χ1) is 2.27. The molecular formula is C2H6BN2-2.